The van der Waals surface area contributed by atoms with Gasteiger partial charge < -0.3 is 26.0 Å². The number of carbonyl (C=O) groups excluding carboxylic acids is 3. The SMILES string of the molecule is NC(=O)c1sc(-c2cccc(NC(=O)c3ccc(C(F)(F)F)cc3)c2)nc1Nc1ccc(C(=O)N2CCOCC2)cc1. The lowest BCUT2D eigenvalue weighted by atomic mass is 10.1. The molecule has 0 radical (unpaired) electrons. The molecule has 4 aromatic rings. The summed E-state index contributed by atoms with van der Waals surface area (Å²) in [5.74, 6) is -1.14. The van der Waals surface area contributed by atoms with Gasteiger partial charge in [0.15, 0.2) is 5.82 Å². The number of carbonyl (C=O) groups is 3. The van der Waals surface area contributed by atoms with E-state index in [1.54, 1.807) is 53.4 Å². The van der Waals surface area contributed by atoms with Gasteiger partial charge in [-0.1, -0.05) is 12.1 Å². The Balaban J connectivity index is 1.31. The van der Waals surface area contributed by atoms with Crippen LogP contribution in [0.2, 0.25) is 0 Å². The van der Waals surface area contributed by atoms with Crippen molar-refractivity contribution in [3.8, 4) is 10.6 Å². The van der Waals surface area contributed by atoms with Gasteiger partial charge in [0, 0.05) is 41.2 Å². The average Bonchev–Trinajstić information content (AvgIpc) is 3.41. The van der Waals surface area contributed by atoms with E-state index in [4.69, 9.17) is 10.5 Å². The largest absolute Gasteiger partial charge is 0.416 e. The third-order valence-electron chi connectivity index (χ3n) is 6.39. The van der Waals surface area contributed by atoms with Crippen molar-refractivity contribution in [3.05, 3.63) is 94.4 Å². The molecule has 1 aliphatic heterocycles. The first-order chi connectivity index (χ1) is 20.1. The number of ether oxygens (including phenoxy) is 1. The van der Waals surface area contributed by atoms with Crippen molar-refractivity contribution in [3.63, 3.8) is 0 Å². The quantitative estimate of drug-likeness (QED) is 0.263. The van der Waals surface area contributed by atoms with Gasteiger partial charge in [0.25, 0.3) is 17.7 Å². The molecule has 2 heterocycles. The molecule has 216 valence electrons. The third kappa shape index (κ3) is 6.58. The highest BCUT2D eigenvalue weighted by Gasteiger charge is 2.30. The molecule has 0 aliphatic carbocycles. The van der Waals surface area contributed by atoms with Gasteiger partial charge in [-0.3, -0.25) is 14.4 Å². The van der Waals surface area contributed by atoms with Crippen LogP contribution < -0.4 is 16.4 Å². The molecule has 0 saturated carbocycles. The van der Waals surface area contributed by atoms with E-state index >= 15 is 0 Å². The summed E-state index contributed by atoms with van der Waals surface area (Å²) in [6.07, 6.45) is -4.50. The molecule has 1 fully saturated rings. The Kier molecular flexibility index (Phi) is 8.22. The summed E-state index contributed by atoms with van der Waals surface area (Å²) in [7, 11) is 0. The fourth-order valence-electron chi connectivity index (χ4n) is 4.22. The summed E-state index contributed by atoms with van der Waals surface area (Å²) in [5, 5.41) is 6.18. The van der Waals surface area contributed by atoms with Crippen LogP contribution in [0.15, 0.2) is 72.8 Å². The van der Waals surface area contributed by atoms with Gasteiger partial charge in [-0.05, 0) is 60.7 Å². The number of nitrogens with one attached hydrogen (secondary N) is 2. The molecule has 0 bridgehead atoms. The second kappa shape index (κ2) is 12.0. The molecule has 1 aliphatic rings. The van der Waals surface area contributed by atoms with Crippen LogP contribution in [0, 0.1) is 0 Å². The minimum Gasteiger partial charge on any atom is -0.378 e. The van der Waals surface area contributed by atoms with E-state index in [1.165, 1.54) is 0 Å². The predicted molar refractivity (Wildman–Crippen MR) is 152 cm³/mol. The molecular weight excluding hydrogens is 571 g/mol. The Bertz CT molecular complexity index is 1620. The summed E-state index contributed by atoms with van der Waals surface area (Å²) in [6, 6.07) is 17.3. The Labute approximate surface area is 242 Å². The van der Waals surface area contributed by atoms with E-state index in [-0.39, 0.29) is 22.2 Å². The zero-order valence-electron chi connectivity index (χ0n) is 21.9. The highest BCUT2D eigenvalue weighted by Crippen LogP contribution is 2.34. The van der Waals surface area contributed by atoms with Gasteiger partial charge in [0.05, 0.1) is 18.8 Å². The Hall–Kier alpha value is -4.75. The normalized spacial score (nSPS) is 13.5. The van der Waals surface area contributed by atoms with E-state index in [2.05, 4.69) is 15.6 Å². The first kappa shape index (κ1) is 28.8. The Morgan fingerprint density at radius 3 is 2.21 bits per heavy atom. The van der Waals surface area contributed by atoms with Crippen molar-refractivity contribution in [2.45, 2.75) is 6.18 Å². The smallest absolute Gasteiger partial charge is 0.378 e. The number of halogens is 3. The standard InChI is InChI=1S/C29H24F3N5O4S/c30-29(31,32)20-8-4-17(5-9-20)26(39)35-22-3-1-2-19(16-22)27-36-25(23(42-27)24(33)38)34-21-10-6-18(7-11-21)28(40)37-12-14-41-15-13-37/h1-11,16,34H,12-15H2,(H2,33,38)(H,35,39). The summed E-state index contributed by atoms with van der Waals surface area (Å²) in [6.45, 7) is 2.06. The molecule has 0 unspecified atom stereocenters. The first-order valence-electron chi connectivity index (χ1n) is 12.7. The number of amides is 3. The number of anilines is 3. The van der Waals surface area contributed by atoms with Gasteiger partial charge in [-0.2, -0.15) is 13.2 Å². The molecule has 0 spiro atoms. The van der Waals surface area contributed by atoms with Crippen molar-refractivity contribution in [1.82, 2.24) is 9.88 Å². The highest BCUT2D eigenvalue weighted by atomic mass is 32.1. The maximum atomic E-state index is 12.8. The monoisotopic (exact) mass is 595 g/mol. The number of benzene rings is 3. The molecule has 3 amide bonds. The summed E-state index contributed by atoms with van der Waals surface area (Å²) >= 11 is 1.05. The summed E-state index contributed by atoms with van der Waals surface area (Å²) in [5.41, 5.74) is 6.88. The van der Waals surface area contributed by atoms with Crippen molar-refractivity contribution in [1.29, 1.82) is 0 Å². The molecule has 5 rings (SSSR count). The van der Waals surface area contributed by atoms with E-state index in [9.17, 15) is 27.6 Å². The minimum absolute atomic E-state index is 0.0582. The van der Waals surface area contributed by atoms with Crippen LogP contribution in [-0.4, -0.2) is 53.9 Å². The van der Waals surface area contributed by atoms with E-state index in [0.717, 1.165) is 35.6 Å². The lowest BCUT2D eigenvalue weighted by Crippen LogP contribution is -2.40. The zero-order valence-corrected chi connectivity index (χ0v) is 22.7. The average molecular weight is 596 g/mol. The van der Waals surface area contributed by atoms with Crippen molar-refractivity contribution < 1.29 is 32.3 Å². The van der Waals surface area contributed by atoms with Crippen LogP contribution in [0.1, 0.15) is 36.0 Å². The Morgan fingerprint density at radius 2 is 1.57 bits per heavy atom. The lowest BCUT2D eigenvalue weighted by molar-refractivity contribution is -0.137. The van der Waals surface area contributed by atoms with Gasteiger partial charge in [0.2, 0.25) is 0 Å². The maximum absolute atomic E-state index is 12.8. The zero-order chi connectivity index (χ0) is 29.9. The lowest BCUT2D eigenvalue weighted by Gasteiger charge is -2.26. The van der Waals surface area contributed by atoms with Crippen LogP contribution in [0.3, 0.4) is 0 Å². The highest BCUT2D eigenvalue weighted by molar-refractivity contribution is 7.17. The van der Waals surface area contributed by atoms with Crippen LogP contribution in [0.5, 0.6) is 0 Å². The van der Waals surface area contributed by atoms with Gasteiger partial charge >= 0.3 is 6.18 Å². The van der Waals surface area contributed by atoms with Gasteiger partial charge in [0.1, 0.15) is 9.88 Å². The number of aromatic nitrogens is 1. The number of hydrogen-bond acceptors (Lipinski definition) is 7. The number of alkyl halides is 3. The molecule has 0 atom stereocenters. The second-order valence-corrected chi connectivity index (χ2v) is 10.3. The van der Waals surface area contributed by atoms with Crippen molar-refractivity contribution >= 4 is 46.3 Å². The van der Waals surface area contributed by atoms with Crippen molar-refractivity contribution in [2.24, 2.45) is 5.73 Å². The summed E-state index contributed by atoms with van der Waals surface area (Å²) in [4.78, 5) is 44.0. The predicted octanol–water partition coefficient (Wildman–Crippen LogP) is 5.40. The molecular formula is C29H24F3N5O4S. The number of nitrogens with zero attached hydrogens (tertiary/aromatic N) is 2. The van der Waals surface area contributed by atoms with Crippen LogP contribution in [0.4, 0.5) is 30.4 Å². The first-order valence-corrected chi connectivity index (χ1v) is 13.5. The molecule has 1 saturated heterocycles. The van der Waals surface area contributed by atoms with Gasteiger partial charge in [-0.15, -0.1) is 11.3 Å². The Morgan fingerprint density at radius 1 is 0.905 bits per heavy atom. The third-order valence-corrected chi connectivity index (χ3v) is 7.50. The van der Waals surface area contributed by atoms with Crippen LogP contribution >= 0.6 is 11.3 Å². The van der Waals surface area contributed by atoms with Crippen LogP contribution in [0.25, 0.3) is 10.6 Å². The molecule has 3 aromatic carbocycles. The van der Waals surface area contributed by atoms with Gasteiger partial charge in [-0.25, -0.2) is 4.98 Å². The number of hydrogen-bond donors (Lipinski definition) is 3. The molecule has 42 heavy (non-hydrogen) atoms. The number of primary amides is 1. The van der Waals surface area contributed by atoms with Crippen molar-refractivity contribution in [2.75, 3.05) is 36.9 Å². The molecule has 9 nitrogen and oxygen atoms in total. The second-order valence-electron chi connectivity index (χ2n) is 9.28. The van der Waals surface area contributed by atoms with E-state index in [1.807, 2.05) is 0 Å². The minimum atomic E-state index is -4.50. The fraction of sp³-hybridized carbons (Fsp3) is 0.172. The number of thiazole rings is 1. The molecule has 13 heteroatoms. The molecule has 4 N–H and O–H groups in total. The number of rotatable bonds is 7. The fourth-order valence-corrected chi connectivity index (χ4v) is 5.09. The number of nitrogens with two attached hydrogens (primary N) is 1. The van der Waals surface area contributed by atoms with E-state index in [0.29, 0.717) is 53.8 Å². The topological polar surface area (TPSA) is 127 Å². The van der Waals surface area contributed by atoms with E-state index < -0.39 is 23.6 Å². The van der Waals surface area contributed by atoms with Crippen LogP contribution in [-0.2, 0) is 10.9 Å². The number of morpholine rings is 1. The molecule has 1 aromatic heterocycles. The summed E-state index contributed by atoms with van der Waals surface area (Å²) < 4.78 is 43.8. The maximum Gasteiger partial charge on any atom is 0.416 e.